The highest BCUT2D eigenvalue weighted by atomic mass is 15.2. The van der Waals surface area contributed by atoms with Gasteiger partial charge in [-0.25, -0.2) is 0 Å². The van der Waals surface area contributed by atoms with Crippen molar-refractivity contribution in [2.24, 2.45) is 0 Å². The molecule has 50 heavy (non-hydrogen) atoms. The lowest BCUT2D eigenvalue weighted by Gasteiger charge is -2.41. The normalized spacial score (nSPS) is 13.8. The van der Waals surface area contributed by atoms with Crippen molar-refractivity contribution in [3.8, 4) is 5.69 Å². The molecule has 0 unspecified atom stereocenters. The molecule has 0 fully saturated rings. The second-order valence-electron chi connectivity index (χ2n) is 15.3. The van der Waals surface area contributed by atoms with E-state index in [0.29, 0.717) is 0 Å². The lowest BCUT2D eigenvalue weighted by molar-refractivity contribution is 0.590. The summed E-state index contributed by atoms with van der Waals surface area (Å²) in [7, 11) is 0. The van der Waals surface area contributed by atoms with Crippen molar-refractivity contribution in [2.45, 2.75) is 26.2 Å². The molecular formula is C46H32BN3. The number of hydrogen-bond acceptors (Lipinski definition) is 1. The number of aromatic nitrogens is 2. The first kappa shape index (κ1) is 26.9. The van der Waals surface area contributed by atoms with Crippen LogP contribution in [0.3, 0.4) is 0 Å². The second-order valence-corrected chi connectivity index (χ2v) is 15.3. The fourth-order valence-corrected chi connectivity index (χ4v) is 9.69. The van der Waals surface area contributed by atoms with E-state index in [0.717, 1.165) is 0 Å². The number of nitrogens with zero attached hydrogens (tertiary/aromatic N) is 3. The average Bonchev–Trinajstić information content (AvgIpc) is 3.79. The molecule has 12 rings (SSSR count). The van der Waals surface area contributed by atoms with Gasteiger partial charge in [-0.3, -0.25) is 0 Å². The highest BCUT2D eigenvalue weighted by molar-refractivity contribution is 7.00. The highest BCUT2D eigenvalue weighted by Gasteiger charge is 2.43. The third-order valence-corrected chi connectivity index (χ3v) is 11.8. The van der Waals surface area contributed by atoms with Gasteiger partial charge in [-0.1, -0.05) is 118 Å². The Morgan fingerprint density at radius 1 is 0.480 bits per heavy atom. The molecule has 0 spiro atoms. The Labute approximate surface area is 290 Å². The number of anilines is 3. The SMILES string of the molecule is CC(C)(C)c1cc2c3c(c1)-n1c4c(cccc4c4ccc5c(c6cccc7c8ccccc8n5c76)c41)B3c1ccccc1N2c1ccccc1. The summed E-state index contributed by atoms with van der Waals surface area (Å²) >= 11 is 0. The molecule has 5 heterocycles. The van der Waals surface area contributed by atoms with Gasteiger partial charge in [0.2, 0.25) is 0 Å². The quantitative estimate of drug-likeness (QED) is 0.163. The van der Waals surface area contributed by atoms with Gasteiger partial charge in [-0.05, 0) is 69.8 Å². The summed E-state index contributed by atoms with van der Waals surface area (Å²) in [5.41, 5.74) is 16.9. The summed E-state index contributed by atoms with van der Waals surface area (Å²) in [5, 5.41) is 7.92. The molecule has 0 aliphatic carbocycles. The Morgan fingerprint density at radius 3 is 2.00 bits per heavy atom. The van der Waals surface area contributed by atoms with Gasteiger partial charge in [-0.2, -0.15) is 0 Å². The van der Waals surface area contributed by atoms with Crippen LogP contribution in [0.4, 0.5) is 17.1 Å². The largest absolute Gasteiger partial charge is 0.311 e. The Balaban J connectivity index is 1.33. The van der Waals surface area contributed by atoms with E-state index >= 15 is 0 Å². The minimum Gasteiger partial charge on any atom is -0.311 e. The fourth-order valence-electron chi connectivity index (χ4n) is 9.69. The number of benzene rings is 7. The van der Waals surface area contributed by atoms with Crippen LogP contribution in [-0.4, -0.2) is 15.7 Å². The maximum Gasteiger partial charge on any atom is 0.252 e. The maximum absolute atomic E-state index is 2.66. The molecule has 2 aliphatic heterocycles. The molecule has 0 saturated carbocycles. The van der Waals surface area contributed by atoms with Crippen molar-refractivity contribution in [3.63, 3.8) is 0 Å². The molecule has 0 atom stereocenters. The molecule has 3 nitrogen and oxygen atoms in total. The van der Waals surface area contributed by atoms with Gasteiger partial charge in [0.05, 0.1) is 22.1 Å². The summed E-state index contributed by atoms with van der Waals surface area (Å²) in [6.45, 7) is 7.17. The van der Waals surface area contributed by atoms with Gasteiger partial charge in [0.15, 0.2) is 0 Å². The van der Waals surface area contributed by atoms with E-state index in [2.05, 4.69) is 174 Å². The van der Waals surface area contributed by atoms with Crippen LogP contribution in [-0.2, 0) is 5.41 Å². The lowest BCUT2D eigenvalue weighted by atomic mass is 9.33. The van der Waals surface area contributed by atoms with E-state index in [1.165, 1.54) is 105 Å². The first-order chi connectivity index (χ1) is 24.5. The van der Waals surface area contributed by atoms with Crippen molar-refractivity contribution >= 4 is 100 Å². The van der Waals surface area contributed by atoms with Gasteiger partial charge >= 0.3 is 0 Å². The maximum atomic E-state index is 2.66. The smallest absolute Gasteiger partial charge is 0.252 e. The van der Waals surface area contributed by atoms with Crippen LogP contribution in [0.25, 0.3) is 65.6 Å². The van der Waals surface area contributed by atoms with Crippen molar-refractivity contribution in [1.29, 1.82) is 0 Å². The third kappa shape index (κ3) is 3.10. The minimum atomic E-state index is -0.0514. The van der Waals surface area contributed by atoms with Crippen molar-refractivity contribution in [3.05, 3.63) is 145 Å². The zero-order chi connectivity index (χ0) is 33.0. The highest BCUT2D eigenvalue weighted by Crippen LogP contribution is 2.47. The van der Waals surface area contributed by atoms with Gasteiger partial charge in [0.25, 0.3) is 6.71 Å². The van der Waals surface area contributed by atoms with Crippen molar-refractivity contribution < 1.29 is 0 Å². The molecule has 7 aromatic carbocycles. The molecule has 4 heteroatoms. The molecule has 3 aromatic heterocycles. The molecular weight excluding hydrogens is 605 g/mol. The summed E-state index contributed by atoms with van der Waals surface area (Å²) in [4.78, 5) is 2.51. The van der Waals surface area contributed by atoms with E-state index in [1.807, 2.05) is 0 Å². The Bertz CT molecular complexity index is 3090. The zero-order valence-corrected chi connectivity index (χ0v) is 28.2. The fraction of sp³-hybridized carbons (Fsp3) is 0.0870. The van der Waals surface area contributed by atoms with E-state index in [-0.39, 0.29) is 12.1 Å². The molecule has 0 N–H and O–H groups in total. The van der Waals surface area contributed by atoms with Gasteiger partial charge < -0.3 is 13.9 Å². The molecule has 2 aliphatic rings. The van der Waals surface area contributed by atoms with Gasteiger partial charge in [0.1, 0.15) is 0 Å². The third-order valence-electron chi connectivity index (χ3n) is 11.8. The molecule has 0 bridgehead atoms. The second kappa shape index (κ2) is 8.96. The Morgan fingerprint density at radius 2 is 1.14 bits per heavy atom. The minimum absolute atomic E-state index is 0.0514. The standard InChI is InChI=1S/C46H32BN3/c1-46(2,3)27-25-39-42-40(26-27)50-44-31(17-12-20-35(44)47(42)34-19-8-10-22-37(34)48(39)28-13-5-4-6-14-28)32-23-24-38-41(45(32)50)33-18-11-16-30-29-15-7-9-21-36(29)49(38)43(30)33/h4-26H,1-3H3. The van der Waals surface area contributed by atoms with Gasteiger partial charge in [0, 0.05) is 60.6 Å². The lowest BCUT2D eigenvalue weighted by Crippen LogP contribution is -2.60. The van der Waals surface area contributed by atoms with Gasteiger partial charge in [-0.15, -0.1) is 0 Å². The summed E-state index contributed by atoms with van der Waals surface area (Å²) in [6.07, 6.45) is 0. The van der Waals surface area contributed by atoms with Crippen molar-refractivity contribution in [2.75, 3.05) is 4.90 Å². The van der Waals surface area contributed by atoms with E-state index in [1.54, 1.807) is 0 Å². The van der Waals surface area contributed by atoms with E-state index < -0.39 is 0 Å². The summed E-state index contributed by atoms with van der Waals surface area (Å²) < 4.78 is 5.18. The topological polar surface area (TPSA) is 12.6 Å². The van der Waals surface area contributed by atoms with Crippen LogP contribution in [0.1, 0.15) is 26.3 Å². The van der Waals surface area contributed by atoms with Crippen LogP contribution >= 0.6 is 0 Å². The summed E-state index contributed by atoms with van der Waals surface area (Å²) in [5.74, 6) is 0. The number of para-hydroxylation sites is 5. The Kier molecular flexibility index (Phi) is 4.82. The van der Waals surface area contributed by atoms with Crippen LogP contribution in [0.15, 0.2) is 140 Å². The molecule has 0 amide bonds. The molecule has 234 valence electrons. The van der Waals surface area contributed by atoms with E-state index in [9.17, 15) is 0 Å². The van der Waals surface area contributed by atoms with E-state index in [4.69, 9.17) is 0 Å². The predicted octanol–water partition coefficient (Wildman–Crippen LogP) is 9.84. The molecule has 0 radical (unpaired) electrons. The number of fused-ring (bicyclic) bond motifs is 14. The molecule has 0 saturated heterocycles. The van der Waals surface area contributed by atoms with Crippen molar-refractivity contribution in [1.82, 2.24) is 8.97 Å². The average molecular weight is 638 g/mol. The van der Waals surface area contributed by atoms with Crippen LogP contribution in [0, 0.1) is 0 Å². The first-order valence-corrected chi connectivity index (χ1v) is 17.7. The first-order valence-electron chi connectivity index (χ1n) is 17.7. The number of rotatable bonds is 1. The zero-order valence-electron chi connectivity index (χ0n) is 28.2. The predicted molar refractivity (Wildman–Crippen MR) is 213 cm³/mol. The monoisotopic (exact) mass is 637 g/mol. The Hall–Kier alpha value is -6.00. The summed E-state index contributed by atoms with van der Waals surface area (Å²) in [6, 6.07) is 52.5. The van der Waals surface area contributed by atoms with Crippen LogP contribution < -0.4 is 21.3 Å². The molecule has 10 aromatic rings. The van der Waals surface area contributed by atoms with Crippen LogP contribution in [0.5, 0.6) is 0 Å². The number of hydrogen-bond donors (Lipinski definition) is 0. The van der Waals surface area contributed by atoms with Crippen LogP contribution in [0.2, 0.25) is 0 Å².